The molecular formula is C9H14ClNO3S. The fraction of sp³-hybridized carbons (Fsp3) is 0.556. The molecular weight excluding hydrogens is 238 g/mol. The first-order valence-corrected chi connectivity index (χ1v) is 6.80. The number of alkyl halides is 1. The van der Waals surface area contributed by atoms with Crippen molar-refractivity contribution in [1.29, 1.82) is 0 Å². The fourth-order valence-electron chi connectivity index (χ4n) is 1.24. The van der Waals surface area contributed by atoms with Gasteiger partial charge in [0.05, 0.1) is 12.0 Å². The maximum absolute atomic E-state index is 11.3. The zero-order chi connectivity index (χ0) is 11.3. The summed E-state index contributed by atoms with van der Waals surface area (Å²) in [5, 5.41) is 0. The first kappa shape index (κ1) is 12.5. The zero-order valence-electron chi connectivity index (χ0n) is 8.44. The van der Waals surface area contributed by atoms with E-state index in [-0.39, 0.29) is 17.7 Å². The van der Waals surface area contributed by atoms with Gasteiger partial charge in [-0.1, -0.05) is 0 Å². The van der Waals surface area contributed by atoms with Gasteiger partial charge in [-0.25, -0.2) is 13.1 Å². The molecule has 0 spiro atoms. The molecule has 0 aliphatic carbocycles. The van der Waals surface area contributed by atoms with E-state index in [0.29, 0.717) is 6.42 Å². The molecule has 0 amide bonds. The van der Waals surface area contributed by atoms with Gasteiger partial charge in [-0.3, -0.25) is 0 Å². The Hall–Kier alpha value is -0.520. The standard InChI is InChI=1S/C9H14ClNO3S/c1-8(7-9-3-2-5-14-9)11-15(12,13)6-4-10/h2-3,5,8,11H,4,6-7H2,1H3. The number of nitrogens with one attached hydrogen (secondary N) is 1. The van der Waals surface area contributed by atoms with Crippen molar-refractivity contribution in [2.75, 3.05) is 11.6 Å². The molecule has 0 fully saturated rings. The molecule has 0 saturated heterocycles. The highest BCUT2D eigenvalue weighted by Crippen LogP contribution is 2.04. The Kier molecular flexibility index (Phi) is 4.63. The third kappa shape index (κ3) is 4.68. The molecule has 4 nitrogen and oxygen atoms in total. The molecule has 1 heterocycles. The van der Waals surface area contributed by atoms with E-state index in [1.165, 1.54) is 0 Å². The maximum atomic E-state index is 11.3. The van der Waals surface area contributed by atoms with Crippen LogP contribution in [0.25, 0.3) is 0 Å². The van der Waals surface area contributed by atoms with Crippen molar-refractivity contribution in [2.24, 2.45) is 0 Å². The van der Waals surface area contributed by atoms with Gasteiger partial charge < -0.3 is 4.42 Å². The molecule has 1 rings (SSSR count). The van der Waals surface area contributed by atoms with Crippen molar-refractivity contribution in [3.8, 4) is 0 Å². The molecule has 1 N–H and O–H groups in total. The molecule has 0 saturated carbocycles. The molecule has 86 valence electrons. The molecule has 0 aliphatic heterocycles. The smallest absolute Gasteiger partial charge is 0.213 e. The Balaban J connectivity index is 2.46. The lowest BCUT2D eigenvalue weighted by molar-refractivity contribution is 0.479. The van der Waals surface area contributed by atoms with Crippen LogP contribution in [-0.2, 0) is 16.4 Å². The summed E-state index contributed by atoms with van der Waals surface area (Å²) >= 11 is 5.37. The molecule has 0 aliphatic rings. The number of sulfonamides is 1. The molecule has 0 bridgehead atoms. The highest BCUT2D eigenvalue weighted by Gasteiger charge is 2.14. The van der Waals surface area contributed by atoms with E-state index in [1.807, 2.05) is 6.07 Å². The fourth-order valence-corrected chi connectivity index (χ4v) is 2.87. The third-order valence-electron chi connectivity index (χ3n) is 1.81. The van der Waals surface area contributed by atoms with Crippen molar-refractivity contribution >= 4 is 21.6 Å². The molecule has 6 heteroatoms. The molecule has 1 aromatic heterocycles. The van der Waals surface area contributed by atoms with E-state index < -0.39 is 10.0 Å². The molecule has 1 atom stereocenters. The van der Waals surface area contributed by atoms with Crippen molar-refractivity contribution < 1.29 is 12.8 Å². The summed E-state index contributed by atoms with van der Waals surface area (Å²) in [4.78, 5) is 0. The minimum atomic E-state index is -3.26. The number of halogens is 1. The Morgan fingerprint density at radius 2 is 2.33 bits per heavy atom. The topological polar surface area (TPSA) is 59.3 Å². The quantitative estimate of drug-likeness (QED) is 0.777. The summed E-state index contributed by atoms with van der Waals surface area (Å²) in [6.07, 6.45) is 2.10. The average molecular weight is 252 g/mol. The van der Waals surface area contributed by atoms with Gasteiger partial charge in [0.25, 0.3) is 0 Å². The van der Waals surface area contributed by atoms with Crippen molar-refractivity contribution in [1.82, 2.24) is 4.72 Å². The van der Waals surface area contributed by atoms with Crippen molar-refractivity contribution in [2.45, 2.75) is 19.4 Å². The molecule has 0 radical (unpaired) electrons. The maximum Gasteiger partial charge on any atom is 0.213 e. The number of hydrogen-bond donors (Lipinski definition) is 1. The normalized spacial score (nSPS) is 14.0. The summed E-state index contributed by atoms with van der Waals surface area (Å²) in [5.41, 5.74) is 0. The highest BCUT2D eigenvalue weighted by molar-refractivity contribution is 7.89. The van der Waals surface area contributed by atoms with Gasteiger partial charge in [0.2, 0.25) is 10.0 Å². The molecule has 15 heavy (non-hydrogen) atoms. The summed E-state index contributed by atoms with van der Waals surface area (Å²) in [6.45, 7) is 1.79. The van der Waals surface area contributed by atoms with Crippen LogP contribution in [-0.4, -0.2) is 26.1 Å². The van der Waals surface area contributed by atoms with Crippen LogP contribution in [0.2, 0.25) is 0 Å². The van der Waals surface area contributed by atoms with E-state index in [1.54, 1.807) is 19.3 Å². The lowest BCUT2D eigenvalue weighted by Gasteiger charge is -2.11. The lowest BCUT2D eigenvalue weighted by Crippen LogP contribution is -2.36. The Labute approximate surface area is 94.7 Å². The second-order valence-corrected chi connectivity index (χ2v) is 5.56. The monoisotopic (exact) mass is 251 g/mol. The van der Waals surface area contributed by atoms with E-state index in [9.17, 15) is 8.42 Å². The SMILES string of the molecule is CC(Cc1ccco1)NS(=O)(=O)CCCl. The Morgan fingerprint density at radius 1 is 1.60 bits per heavy atom. The van der Waals surface area contributed by atoms with Crippen molar-refractivity contribution in [3.05, 3.63) is 24.2 Å². The first-order chi connectivity index (χ1) is 7.03. The van der Waals surface area contributed by atoms with Crippen molar-refractivity contribution in [3.63, 3.8) is 0 Å². The van der Waals surface area contributed by atoms with Crippen LogP contribution in [0.1, 0.15) is 12.7 Å². The van der Waals surface area contributed by atoms with Crippen LogP contribution in [0.4, 0.5) is 0 Å². The largest absolute Gasteiger partial charge is 0.469 e. The second kappa shape index (κ2) is 5.53. The summed E-state index contributed by atoms with van der Waals surface area (Å²) in [7, 11) is -3.26. The van der Waals surface area contributed by atoms with Gasteiger partial charge in [0.1, 0.15) is 5.76 Å². The zero-order valence-corrected chi connectivity index (χ0v) is 10.0. The van der Waals surface area contributed by atoms with Crippen LogP contribution < -0.4 is 4.72 Å². The van der Waals surface area contributed by atoms with E-state index in [2.05, 4.69) is 4.72 Å². The van der Waals surface area contributed by atoms with Gasteiger partial charge in [0, 0.05) is 18.3 Å². The Bertz CT molecular complexity index is 374. The number of rotatable bonds is 6. The van der Waals surface area contributed by atoms with Crippen LogP contribution >= 0.6 is 11.6 Å². The minimum Gasteiger partial charge on any atom is -0.469 e. The van der Waals surface area contributed by atoms with E-state index >= 15 is 0 Å². The molecule has 1 unspecified atom stereocenters. The molecule has 0 aromatic carbocycles. The summed E-state index contributed by atoms with van der Waals surface area (Å²) in [5.74, 6) is 0.802. The van der Waals surface area contributed by atoms with Crippen LogP contribution in [0.15, 0.2) is 22.8 Å². The van der Waals surface area contributed by atoms with Crippen LogP contribution in [0.5, 0.6) is 0 Å². The van der Waals surface area contributed by atoms with Crippen LogP contribution in [0.3, 0.4) is 0 Å². The third-order valence-corrected chi connectivity index (χ3v) is 3.73. The van der Waals surface area contributed by atoms with Gasteiger partial charge in [0.15, 0.2) is 0 Å². The molecule has 1 aromatic rings. The first-order valence-electron chi connectivity index (χ1n) is 4.62. The highest BCUT2D eigenvalue weighted by atomic mass is 35.5. The number of hydrogen-bond acceptors (Lipinski definition) is 3. The van der Waals surface area contributed by atoms with Crippen LogP contribution in [0, 0.1) is 0 Å². The minimum absolute atomic E-state index is 0.0585. The van der Waals surface area contributed by atoms with Gasteiger partial charge in [-0.15, -0.1) is 11.6 Å². The van der Waals surface area contributed by atoms with E-state index in [4.69, 9.17) is 16.0 Å². The second-order valence-electron chi connectivity index (χ2n) is 3.31. The van der Waals surface area contributed by atoms with Gasteiger partial charge in [-0.2, -0.15) is 0 Å². The predicted octanol–water partition coefficient (Wildman–Crippen LogP) is 1.37. The Morgan fingerprint density at radius 3 is 2.87 bits per heavy atom. The van der Waals surface area contributed by atoms with E-state index in [0.717, 1.165) is 5.76 Å². The van der Waals surface area contributed by atoms with Gasteiger partial charge >= 0.3 is 0 Å². The summed E-state index contributed by atoms with van der Waals surface area (Å²) < 4.78 is 30.3. The van der Waals surface area contributed by atoms with Gasteiger partial charge in [-0.05, 0) is 19.1 Å². The predicted molar refractivity (Wildman–Crippen MR) is 59.5 cm³/mol. The lowest BCUT2D eigenvalue weighted by atomic mass is 10.2. The summed E-state index contributed by atoms with van der Waals surface area (Å²) in [6, 6.07) is 3.39. The number of furan rings is 1. The average Bonchev–Trinajstić information content (AvgIpc) is 2.54.